The molecule has 5 aromatic rings. The Labute approximate surface area is 213 Å². The van der Waals surface area contributed by atoms with Gasteiger partial charge in [-0.1, -0.05) is 24.3 Å². The highest BCUT2D eigenvalue weighted by molar-refractivity contribution is 5.81. The number of pyridine rings is 1. The fourth-order valence-corrected chi connectivity index (χ4v) is 5.16. The van der Waals surface area contributed by atoms with Crippen LogP contribution in [0.4, 0.5) is 0 Å². The number of amides is 1. The molecule has 0 radical (unpaired) electrons. The molecule has 0 aliphatic carbocycles. The number of hydrogen-bond donors (Lipinski definition) is 0. The van der Waals surface area contributed by atoms with Crippen LogP contribution in [0.3, 0.4) is 0 Å². The Morgan fingerprint density at radius 2 is 1.89 bits per heavy atom. The molecule has 0 spiro atoms. The first kappa shape index (κ1) is 22.8. The van der Waals surface area contributed by atoms with Gasteiger partial charge in [-0.25, -0.2) is 14.5 Å². The summed E-state index contributed by atoms with van der Waals surface area (Å²) < 4.78 is 3.65. The zero-order valence-corrected chi connectivity index (χ0v) is 20.4. The second-order valence-corrected chi connectivity index (χ2v) is 9.51. The topological polar surface area (TPSA) is 118 Å². The van der Waals surface area contributed by atoms with Crippen LogP contribution in [0.25, 0.3) is 27.9 Å². The summed E-state index contributed by atoms with van der Waals surface area (Å²) >= 11 is 0. The molecule has 10 nitrogen and oxygen atoms in total. The summed E-state index contributed by atoms with van der Waals surface area (Å²) in [6, 6.07) is 12.5. The maximum Gasteiger partial charge on any atom is 0.250 e. The molecule has 0 unspecified atom stereocenters. The van der Waals surface area contributed by atoms with Crippen LogP contribution in [0.5, 0.6) is 0 Å². The number of carbonyl (C=O) groups is 1. The Balaban J connectivity index is 1.32. The standard InChI is InChI=1S/C27H25N9O/c1-19(37)34-12-8-27(7-10-28,9-13-34)35-18-22(15-32-35)24-17-31-26-30-16-23(36(26)33-24)14-21-5-2-4-20-6-3-11-29-25(20)21/h2-6,11,15-18H,7-9,12-14H2,1H3. The van der Waals surface area contributed by atoms with E-state index in [1.807, 2.05) is 27.9 Å². The van der Waals surface area contributed by atoms with Crippen LogP contribution in [-0.2, 0) is 16.8 Å². The van der Waals surface area contributed by atoms with Crippen molar-refractivity contribution in [1.82, 2.24) is 39.2 Å². The number of carbonyl (C=O) groups excluding carboxylic acids is 1. The van der Waals surface area contributed by atoms with Crippen LogP contribution in [0.2, 0.25) is 0 Å². The van der Waals surface area contributed by atoms with Crippen molar-refractivity contribution in [3.05, 3.63) is 72.6 Å². The second kappa shape index (κ2) is 9.09. The van der Waals surface area contributed by atoms with E-state index in [9.17, 15) is 10.1 Å². The third kappa shape index (κ3) is 4.08. The molecule has 0 N–H and O–H groups in total. The van der Waals surface area contributed by atoms with E-state index in [2.05, 4.69) is 44.3 Å². The molecule has 0 bridgehead atoms. The molecule has 1 aliphatic heterocycles. The fourth-order valence-electron chi connectivity index (χ4n) is 5.16. The Hall–Kier alpha value is -4.65. The van der Waals surface area contributed by atoms with Crippen molar-refractivity contribution in [1.29, 1.82) is 5.26 Å². The quantitative estimate of drug-likeness (QED) is 0.370. The predicted octanol–water partition coefficient (Wildman–Crippen LogP) is 3.38. The van der Waals surface area contributed by atoms with Crippen LogP contribution < -0.4 is 0 Å². The Kier molecular flexibility index (Phi) is 5.60. The zero-order chi connectivity index (χ0) is 25.4. The number of likely N-dealkylation sites (tertiary alicyclic amines) is 1. The average molecular weight is 492 g/mol. The summed E-state index contributed by atoms with van der Waals surface area (Å²) in [5.41, 5.74) is 4.00. The van der Waals surface area contributed by atoms with E-state index >= 15 is 0 Å². The Bertz CT molecular complexity index is 1650. The van der Waals surface area contributed by atoms with Gasteiger partial charge in [-0.3, -0.25) is 14.5 Å². The number of nitriles is 1. The molecule has 184 valence electrons. The molecule has 4 aromatic heterocycles. The summed E-state index contributed by atoms with van der Waals surface area (Å²) in [6.45, 7) is 2.80. The maximum absolute atomic E-state index is 11.8. The van der Waals surface area contributed by atoms with Gasteiger partial charge in [0.15, 0.2) is 0 Å². The van der Waals surface area contributed by atoms with Crippen LogP contribution >= 0.6 is 0 Å². The Morgan fingerprint density at radius 1 is 1.08 bits per heavy atom. The molecule has 1 saturated heterocycles. The normalized spacial score (nSPS) is 15.2. The van der Waals surface area contributed by atoms with Gasteiger partial charge in [-0.15, -0.1) is 0 Å². The highest BCUT2D eigenvalue weighted by atomic mass is 16.2. The summed E-state index contributed by atoms with van der Waals surface area (Å²) in [5.74, 6) is 0.586. The van der Waals surface area contributed by atoms with Gasteiger partial charge in [0.05, 0.1) is 47.8 Å². The lowest BCUT2D eigenvalue weighted by atomic mass is 9.85. The maximum atomic E-state index is 11.8. The minimum atomic E-state index is -0.446. The van der Waals surface area contributed by atoms with E-state index in [-0.39, 0.29) is 5.91 Å². The molecule has 1 aliphatic rings. The van der Waals surface area contributed by atoms with Crippen molar-refractivity contribution in [2.24, 2.45) is 0 Å². The van der Waals surface area contributed by atoms with Crippen molar-refractivity contribution in [2.75, 3.05) is 13.1 Å². The van der Waals surface area contributed by atoms with Gasteiger partial charge < -0.3 is 4.90 Å². The van der Waals surface area contributed by atoms with E-state index < -0.39 is 5.54 Å². The van der Waals surface area contributed by atoms with Crippen LogP contribution in [0, 0.1) is 11.3 Å². The van der Waals surface area contributed by atoms with Crippen molar-refractivity contribution in [3.63, 3.8) is 0 Å². The van der Waals surface area contributed by atoms with Crippen LogP contribution in [0.1, 0.15) is 37.4 Å². The van der Waals surface area contributed by atoms with E-state index in [0.717, 1.165) is 27.7 Å². The van der Waals surface area contributed by atoms with Crippen molar-refractivity contribution in [2.45, 2.75) is 38.1 Å². The number of para-hydroxylation sites is 1. The minimum Gasteiger partial charge on any atom is -0.343 e. The fraction of sp³-hybridized carbons (Fsp3) is 0.296. The SMILES string of the molecule is CC(=O)N1CCC(CC#N)(n2cc(-c3cnc4ncc(Cc5cccc6cccnc56)n4n3)cn2)CC1. The van der Waals surface area contributed by atoms with Crippen LogP contribution in [0.15, 0.2) is 61.3 Å². The lowest BCUT2D eigenvalue weighted by molar-refractivity contribution is -0.131. The molecular formula is C27H25N9O. The van der Waals surface area contributed by atoms with Gasteiger partial charge in [0.25, 0.3) is 5.78 Å². The molecule has 0 atom stereocenters. The van der Waals surface area contributed by atoms with Gasteiger partial charge in [-0.05, 0) is 24.5 Å². The third-order valence-corrected chi connectivity index (χ3v) is 7.30. The van der Waals surface area contributed by atoms with Crippen molar-refractivity contribution >= 4 is 22.6 Å². The molecule has 6 rings (SSSR count). The monoisotopic (exact) mass is 491 g/mol. The minimum absolute atomic E-state index is 0.0608. The van der Waals surface area contributed by atoms with Gasteiger partial charge >= 0.3 is 0 Å². The number of benzene rings is 1. The first-order valence-corrected chi connectivity index (χ1v) is 12.3. The largest absolute Gasteiger partial charge is 0.343 e. The smallest absolute Gasteiger partial charge is 0.250 e. The highest BCUT2D eigenvalue weighted by Gasteiger charge is 2.38. The first-order valence-electron chi connectivity index (χ1n) is 12.3. The second-order valence-electron chi connectivity index (χ2n) is 9.51. The number of piperidine rings is 1. The number of hydrogen-bond acceptors (Lipinski definition) is 7. The number of nitrogens with zero attached hydrogens (tertiary/aromatic N) is 9. The summed E-state index contributed by atoms with van der Waals surface area (Å²) in [6.07, 6.45) is 11.3. The van der Waals surface area contributed by atoms with E-state index in [1.165, 1.54) is 0 Å². The molecule has 5 heterocycles. The van der Waals surface area contributed by atoms with E-state index in [4.69, 9.17) is 5.10 Å². The van der Waals surface area contributed by atoms with Gasteiger partial charge in [-0.2, -0.15) is 15.5 Å². The van der Waals surface area contributed by atoms with E-state index in [1.54, 1.807) is 36.2 Å². The zero-order valence-electron chi connectivity index (χ0n) is 20.4. The molecule has 37 heavy (non-hydrogen) atoms. The van der Waals surface area contributed by atoms with Crippen molar-refractivity contribution in [3.8, 4) is 17.3 Å². The summed E-state index contributed by atoms with van der Waals surface area (Å²) in [7, 11) is 0. The average Bonchev–Trinajstić information content (AvgIpc) is 3.57. The van der Waals surface area contributed by atoms with E-state index in [0.29, 0.717) is 50.2 Å². The van der Waals surface area contributed by atoms with Gasteiger partial charge in [0.2, 0.25) is 5.91 Å². The predicted molar refractivity (Wildman–Crippen MR) is 136 cm³/mol. The molecule has 1 aromatic carbocycles. The number of aromatic nitrogens is 7. The summed E-state index contributed by atoms with van der Waals surface area (Å²) in [5, 5.41) is 20.1. The molecule has 0 saturated carbocycles. The molecular weight excluding hydrogens is 466 g/mol. The number of imidazole rings is 1. The van der Waals surface area contributed by atoms with Gasteiger partial charge in [0.1, 0.15) is 5.69 Å². The van der Waals surface area contributed by atoms with Gasteiger partial charge in [0, 0.05) is 49.8 Å². The summed E-state index contributed by atoms with van der Waals surface area (Å²) in [4.78, 5) is 27.2. The molecule has 10 heteroatoms. The van der Waals surface area contributed by atoms with Crippen molar-refractivity contribution < 1.29 is 4.79 Å². The van der Waals surface area contributed by atoms with Crippen LogP contribution in [-0.4, -0.2) is 58.2 Å². The number of rotatable bonds is 5. The third-order valence-electron chi connectivity index (χ3n) is 7.30. The first-order chi connectivity index (χ1) is 18.1. The Morgan fingerprint density at radius 3 is 2.70 bits per heavy atom. The lowest BCUT2D eigenvalue weighted by Crippen LogP contribution is -2.47. The molecule has 1 amide bonds. The number of fused-ring (bicyclic) bond motifs is 2. The highest BCUT2D eigenvalue weighted by Crippen LogP contribution is 2.34. The molecule has 1 fully saturated rings. The lowest BCUT2D eigenvalue weighted by Gasteiger charge is -2.40.